The predicted molar refractivity (Wildman–Crippen MR) is 110 cm³/mol. The van der Waals surface area contributed by atoms with Gasteiger partial charge in [-0.15, -0.1) is 0 Å². The van der Waals surface area contributed by atoms with Crippen molar-refractivity contribution >= 4 is 11.8 Å². The Morgan fingerprint density at radius 3 is 2.71 bits per heavy atom. The molecular formula is C23H27N3O2. The number of hydrogen-bond acceptors (Lipinski definition) is 3. The summed E-state index contributed by atoms with van der Waals surface area (Å²) in [6.45, 7) is 1.11. The smallest absolute Gasteiger partial charge is 0.269 e. The normalized spacial score (nSPS) is 13.5. The summed E-state index contributed by atoms with van der Waals surface area (Å²) in [5, 5.41) is 2.91. The molecule has 0 radical (unpaired) electrons. The lowest BCUT2D eigenvalue weighted by molar-refractivity contribution is 0.0785. The average Bonchev–Trinajstić information content (AvgIpc) is 2.74. The largest absolute Gasteiger partial charge is 0.350 e. The lowest BCUT2D eigenvalue weighted by Gasteiger charge is -2.17. The van der Waals surface area contributed by atoms with E-state index in [0.29, 0.717) is 18.7 Å². The van der Waals surface area contributed by atoms with E-state index in [0.717, 1.165) is 24.8 Å². The van der Waals surface area contributed by atoms with Crippen molar-refractivity contribution in [3.8, 4) is 0 Å². The van der Waals surface area contributed by atoms with Crippen LogP contribution < -0.4 is 5.32 Å². The summed E-state index contributed by atoms with van der Waals surface area (Å²) >= 11 is 0. The maximum absolute atomic E-state index is 12.7. The van der Waals surface area contributed by atoms with Crippen LogP contribution in [0, 0.1) is 0 Å². The first kappa shape index (κ1) is 19.8. The molecule has 0 saturated carbocycles. The highest BCUT2D eigenvalue weighted by molar-refractivity contribution is 5.98. The first-order chi connectivity index (χ1) is 13.6. The standard InChI is InChI=1S/C23H27N3O2/c1-26(17-19-10-6-3-7-11-19)23(28)20-13-15-24-21(16-20)22(27)25-14-12-18-8-4-2-5-9-18/h3,6-8,10-11,13,15-16H,2,4-5,9,12,14,17H2,1H3,(H,25,27). The molecule has 0 fully saturated rings. The van der Waals surface area contributed by atoms with E-state index in [9.17, 15) is 9.59 Å². The van der Waals surface area contributed by atoms with Crippen LogP contribution in [0.3, 0.4) is 0 Å². The second-order valence-electron chi connectivity index (χ2n) is 7.19. The molecule has 5 heteroatoms. The number of carbonyl (C=O) groups excluding carboxylic acids is 2. The zero-order chi connectivity index (χ0) is 19.8. The fourth-order valence-electron chi connectivity index (χ4n) is 3.40. The summed E-state index contributed by atoms with van der Waals surface area (Å²) in [4.78, 5) is 30.9. The molecule has 1 aliphatic carbocycles. The molecule has 0 aliphatic heterocycles. The topological polar surface area (TPSA) is 62.3 Å². The first-order valence-corrected chi connectivity index (χ1v) is 9.85. The minimum atomic E-state index is -0.239. The van der Waals surface area contributed by atoms with Crippen LogP contribution >= 0.6 is 0 Å². The van der Waals surface area contributed by atoms with E-state index < -0.39 is 0 Å². The molecule has 146 valence electrons. The number of nitrogens with one attached hydrogen (secondary N) is 1. The van der Waals surface area contributed by atoms with Crippen LogP contribution in [-0.4, -0.2) is 35.3 Å². The summed E-state index contributed by atoms with van der Waals surface area (Å²) < 4.78 is 0. The zero-order valence-electron chi connectivity index (χ0n) is 16.4. The van der Waals surface area contributed by atoms with Gasteiger partial charge in [-0.25, -0.2) is 0 Å². The van der Waals surface area contributed by atoms with Crippen LogP contribution in [0.4, 0.5) is 0 Å². The van der Waals surface area contributed by atoms with Crippen molar-refractivity contribution in [2.24, 2.45) is 0 Å². The Kier molecular flexibility index (Phi) is 6.95. The van der Waals surface area contributed by atoms with Crippen molar-refractivity contribution < 1.29 is 9.59 Å². The number of carbonyl (C=O) groups is 2. The number of allylic oxidation sites excluding steroid dienone is 1. The third-order valence-corrected chi connectivity index (χ3v) is 4.97. The quantitative estimate of drug-likeness (QED) is 0.743. The highest BCUT2D eigenvalue weighted by Gasteiger charge is 2.15. The third-order valence-electron chi connectivity index (χ3n) is 4.97. The summed E-state index contributed by atoms with van der Waals surface area (Å²) in [6, 6.07) is 13.0. The number of rotatable bonds is 7. The Hall–Kier alpha value is -2.95. The van der Waals surface area contributed by atoms with E-state index in [4.69, 9.17) is 0 Å². The second-order valence-corrected chi connectivity index (χ2v) is 7.19. The van der Waals surface area contributed by atoms with Crippen LogP contribution in [0.1, 0.15) is 58.5 Å². The summed E-state index contributed by atoms with van der Waals surface area (Å²) in [7, 11) is 1.76. The molecule has 2 aromatic rings. The number of hydrogen-bond donors (Lipinski definition) is 1. The van der Waals surface area contributed by atoms with Crippen molar-refractivity contribution in [3.05, 3.63) is 77.1 Å². The van der Waals surface area contributed by atoms with Crippen molar-refractivity contribution in [1.82, 2.24) is 15.2 Å². The summed E-state index contributed by atoms with van der Waals surface area (Å²) in [6.07, 6.45) is 9.46. The molecule has 3 rings (SSSR count). The van der Waals surface area contributed by atoms with Gasteiger partial charge in [0.1, 0.15) is 5.69 Å². The van der Waals surface area contributed by atoms with Gasteiger partial charge in [-0.05, 0) is 49.8 Å². The molecule has 0 bridgehead atoms. The molecule has 2 amide bonds. The lowest BCUT2D eigenvalue weighted by Crippen LogP contribution is -2.28. The molecule has 1 aromatic carbocycles. The minimum Gasteiger partial charge on any atom is -0.350 e. The van der Waals surface area contributed by atoms with E-state index in [1.807, 2.05) is 30.3 Å². The van der Waals surface area contributed by atoms with Gasteiger partial charge >= 0.3 is 0 Å². The molecule has 1 aromatic heterocycles. The molecule has 1 aliphatic rings. The molecular weight excluding hydrogens is 350 g/mol. The van der Waals surface area contributed by atoms with Crippen LogP contribution in [-0.2, 0) is 6.54 Å². The fraction of sp³-hybridized carbons (Fsp3) is 0.348. The Labute approximate surface area is 166 Å². The molecule has 5 nitrogen and oxygen atoms in total. The Balaban J connectivity index is 1.57. The van der Waals surface area contributed by atoms with E-state index in [2.05, 4.69) is 16.4 Å². The Morgan fingerprint density at radius 2 is 1.96 bits per heavy atom. The van der Waals surface area contributed by atoms with Crippen molar-refractivity contribution in [2.45, 2.75) is 38.6 Å². The Bertz CT molecular complexity index is 846. The Morgan fingerprint density at radius 1 is 1.14 bits per heavy atom. The number of amides is 2. The van der Waals surface area contributed by atoms with Gasteiger partial charge in [0.25, 0.3) is 11.8 Å². The third kappa shape index (κ3) is 5.52. The van der Waals surface area contributed by atoms with Gasteiger partial charge in [0.2, 0.25) is 0 Å². The van der Waals surface area contributed by atoms with Gasteiger partial charge in [-0.2, -0.15) is 0 Å². The number of nitrogens with zero attached hydrogens (tertiary/aromatic N) is 2. The highest BCUT2D eigenvalue weighted by Crippen LogP contribution is 2.19. The predicted octanol–water partition coefficient (Wildman–Crippen LogP) is 3.97. The number of aromatic nitrogens is 1. The highest BCUT2D eigenvalue weighted by atomic mass is 16.2. The molecule has 1 heterocycles. The second kappa shape index (κ2) is 9.83. The minimum absolute atomic E-state index is 0.132. The van der Waals surface area contributed by atoms with E-state index in [1.54, 1.807) is 24.1 Å². The monoisotopic (exact) mass is 377 g/mol. The number of pyridine rings is 1. The molecule has 0 spiro atoms. The van der Waals surface area contributed by atoms with Crippen molar-refractivity contribution in [1.29, 1.82) is 0 Å². The van der Waals surface area contributed by atoms with E-state index in [1.165, 1.54) is 24.6 Å². The molecule has 0 atom stereocenters. The summed E-state index contributed by atoms with van der Waals surface area (Å²) in [5.41, 5.74) is 3.22. The zero-order valence-corrected chi connectivity index (χ0v) is 16.4. The van der Waals surface area contributed by atoms with Crippen LogP contribution in [0.25, 0.3) is 0 Å². The molecule has 0 unspecified atom stereocenters. The maximum Gasteiger partial charge on any atom is 0.269 e. The van der Waals surface area contributed by atoms with Gasteiger partial charge in [0, 0.05) is 31.9 Å². The van der Waals surface area contributed by atoms with Gasteiger partial charge in [-0.3, -0.25) is 14.6 Å². The van der Waals surface area contributed by atoms with Gasteiger partial charge in [-0.1, -0.05) is 42.0 Å². The first-order valence-electron chi connectivity index (χ1n) is 9.85. The number of benzene rings is 1. The van der Waals surface area contributed by atoms with E-state index >= 15 is 0 Å². The van der Waals surface area contributed by atoms with Crippen molar-refractivity contribution in [3.63, 3.8) is 0 Å². The molecule has 0 saturated heterocycles. The van der Waals surface area contributed by atoms with Crippen LogP contribution in [0.5, 0.6) is 0 Å². The van der Waals surface area contributed by atoms with E-state index in [-0.39, 0.29) is 17.5 Å². The molecule has 1 N–H and O–H groups in total. The van der Waals surface area contributed by atoms with Crippen molar-refractivity contribution in [2.75, 3.05) is 13.6 Å². The SMILES string of the molecule is CN(Cc1ccccc1)C(=O)c1ccnc(C(=O)NCCC2=CCCCC2)c1. The van der Waals surface area contributed by atoms with Gasteiger partial charge in [0.15, 0.2) is 0 Å². The maximum atomic E-state index is 12.7. The van der Waals surface area contributed by atoms with Gasteiger partial charge < -0.3 is 10.2 Å². The van der Waals surface area contributed by atoms with Gasteiger partial charge in [0.05, 0.1) is 0 Å². The average molecular weight is 377 g/mol. The lowest BCUT2D eigenvalue weighted by atomic mass is 9.97. The molecule has 28 heavy (non-hydrogen) atoms. The van der Waals surface area contributed by atoms with Crippen LogP contribution in [0.2, 0.25) is 0 Å². The summed E-state index contributed by atoms with van der Waals surface area (Å²) in [5.74, 6) is -0.371. The fourth-order valence-corrected chi connectivity index (χ4v) is 3.40. The van der Waals surface area contributed by atoms with Crippen LogP contribution in [0.15, 0.2) is 60.3 Å².